The van der Waals surface area contributed by atoms with Gasteiger partial charge in [0, 0.05) is 31.2 Å². The van der Waals surface area contributed by atoms with E-state index in [1.54, 1.807) is 6.26 Å². The third kappa shape index (κ3) is 3.74. The Balaban J connectivity index is 1.91. The number of nitrogens with one attached hydrogen (secondary N) is 1. The molecule has 2 rings (SSSR count). The number of aromatic nitrogens is 2. The zero-order valence-electron chi connectivity index (χ0n) is 11.3. The first-order valence-electron chi connectivity index (χ1n) is 6.31. The minimum atomic E-state index is 0.121. The molecule has 0 saturated carbocycles. The Bertz CT molecular complexity index is 465. The van der Waals surface area contributed by atoms with Crippen molar-refractivity contribution in [1.29, 1.82) is 0 Å². The second-order valence-corrected chi connectivity index (χ2v) is 5.51. The molecule has 0 aliphatic rings. The van der Waals surface area contributed by atoms with E-state index in [1.165, 1.54) is 5.69 Å². The molecule has 18 heavy (non-hydrogen) atoms. The lowest BCUT2D eigenvalue weighted by Gasteiger charge is -2.20. The summed E-state index contributed by atoms with van der Waals surface area (Å²) in [6, 6.07) is 3.93. The van der Waals surface area contributed by atoms with Gasteiger partial charge in [0.2, 0.25) is 0 Å². The molecule has 0 unspecified atom stereocenters. The third-order valence-electron chi connectivity index (χ3n) is 2.78. The normalized spacial score (nSPS) is 11.9. The number of nitrogens with zero attached hydrogens (tertiary/aromatic N) is 2. The summed E-state index contributed by atoms with van der Waals surface area (Å²) in [4.78, 5) is 4.22. The first-order chi connectivity index (χ1) is 8.54. The van der Waals surface area contributed by atoms with Crippen LogP contribution in [0.1, 0.15) is 32.2 Å². The quantitative estimate of drug-likeness (QED) is 0.883. The summed E-state index contributed by atoms with van der Waals surface area (Å²) in [5, 5.41) is 3.47. The second kappa shape index (κ2) is 5.40. The van der Waals surface area contributed by atoms with Crippen LogP contribution >= 0.6 is 0 Å². The van der Waals surface area contributed by atoms with Crippen molar-refractivity contribution in [2.24, 2.45) is 0 Å². The van der Waals surface area contributed by atoms with Gasteiger partial charge >= 0.3 is 0 Å². The standard InChI is InChI=1S/C14H21N3O/c1-14(2,3)16-10-12-9-15-11-17(12)7-6-13-5-4-8-18-13/h4-5,8-9,11,16H,6-7,10H2,1-3H3. The third-order valence-corrected chi connectivity index (χ3v) is 2.78. The highest BCUT2D eigenvalue weighted by Crippen LogP contribution is 2.07. The Hall–Kier alpha value is -1.55. The maximum Gasteiger partial charge on any atom is 0.105 e. The van der Waals surface area contributed by atoms with Crippen LogP contribution in [0.15, 0.2) is 35.3 Å². The summed E-state index contributed by atoms with van der Waals surface area (Å²) in [6.07, 6.45) is 6.40. The lowest BCUT2D eigenvalue weighted by atomic mass is 10.1. The maximum absolute atomic E-state index is 5.34. The van der Waals surface area contributed by atoms with Gasteiger partial charge < -0.3 is 14.3 Å². The predicted molar refractivity (Wildman–Crippen MR) is 71.2 cm³/mol. The number of aryl methyl sites for hydroxylation is 2. The zero-order valence-corrected chi connectivity index (χ0v) is 11.3. The van der Waals surface area contributed by atoms with Crippen LogP contribution in [0.3, 0.4) is 0 Å². The Labute approximate surface area is 108 Å². The fourth-order valence-corrected chi connectivity index (χ4v) is 1.74. The van der Waals surface area contributed by atoms with Crippen molar-refractivity contribution in [3.8, 4) is 0 Å². The van der Waals surface area contributed by atoms with Crippen molar-refractivity contribution < 1.29 is 4.42 Å². The molecule has 4 nitrogen and oxygen atoms in total. The summed E-state index contributed by atoms with van der Waals surface area (Å²) in [7, 11) is 0. The molecular formula is C14H21N3O. The largest absolute Gasteiger partial charge is 0.469 e. The van der Waals surface area contributed by atoms with Gasteiger partial charge in [-0.3, -0.25) is 0 Å². The van der Waals surface area contributed by atoms with Crippen molar-refractivity contribution in [1.82, 2.24) is 14.9 Å². The maximum atomic E-state index is 5.34. The molecular weight excluding hydrogens is 226 g/mol. The van der Waals surface area contributed by atoms with Crippen molar-refractivity contribution in [2.75, 3.05) is 0 Å². The zero-order chi connectivity index (χ0) is 13.0. The minimum Gasteiger partial charge on any atom is -0.469 e. The van der Waals surface area contributed by atoms with Gasteiger partial charge in [-0.05, 0) is 32.9 Å². The number of hydrogen-bond acceptors (Lipinski definition) is 3. The minimum absolute atomic E-state index is 0.121. The van der Waals surface area contributed by atoms with E-state index in [2.05, 4.69) is 35.6 Å². The average molecular weight is 247 g/mol. The van der Waals surface area contributed by atoms with Gasteiger partial charge in [-0.1, -0.05) is 0 Å². The van der Waals surface area contributed by atoms with E-state index < -0.39 is 0 Å². The van der Waals surface area contributed by atoms with Gasteiger partial charge in [-0.15, -0.1) is 0 Å². The summed E-state index contributed by atoms with van der Waals surface area (Å²) in [5.41, 5.74) is 1.33. The van der Waals surface area contributed by atoms with Gasteiger partial charge in [0.15, 0.2) is 0 Å². The molecule has 2 aromatic heterocycles. The fourth-order valence-electron chi connectivity index (χ4n) is 1.74. The molecule has 4 heteroatoms. The number of rotatable bonds is 5. The lowest BCUT2D eigenvalue weighted by molar-refractivity contribution is 0.413. The van der Waals surface area contributed by atoms with Gasteiger partial charge in [0.1, 0.15) is 5.76 Å². The van der Waals surface area contributed by atoms with Gasteiger partial charge in [-0.2, -0.15) is 0 Å². The molecule has 0 aromatic carbocycles. The molecule has 0 aliphatic carbocycles. The highest BCUT2D eigenvalue weighted by atomic mass is 16.3. The van der Waals surface area contributed by atoms with Crippen molar-refractivity contribution in [3.63, 3.8) is 0 Å². The molecule has 2 aromatic rings. The van der Waals surface area contributed by atoms with Crippen molar-refractivity contribution >= 4 is 0 Å². The van der Waals surface area contributed by atoms with Crippen LogP contribution in [-0.2, 0) is 19.5 Å². The Morgan fingerprint density at radius 2 is 2.22 bits per heavy atom. The van der Waals surface area contributed by atoms with Crippen molar-refractivity contribution in [3.05, 3.63) is 42.4 Å². The number of furan rings is 1. The van der Waals surface area contributed by atoms with Crippen LogP contribution in [0, 0.1) is 0 Å². The summed E-state index contributed by atoms with van der Waals surface area (Å²) in [6.45, 7) is 8.22. The molecule has 0 amide bonds. The Kier molecular flexibility index (Phi) is 3.87. The van der Waals surface area contributed by atoms with Crippen LogP contribution in [0.4, 0.5) is 0 Å². The van der Waals surface area contributed by atoms with Crippen molar-refractivity contribution in [2.45, 2.75) is 45.8 Å². The van der Waals surface area contributed by atoms with Crippen LogP contribution in [0.5, 0.6) is 0 Å². The lowest BCUT2D eigenvalue weighted by Crippen LogP contribution is -2.35. The first kappa shape index (κ1) is 12.9. The van der Waals surface area contributed by atoms with Crippen LogP contribution < -0.4 is 5.32 Å². The molecule has 0 bridgehead atoms. The van der Waals surface area contributed by atoms with Gasteiger partial charge in [0.05, 0.1) is 18.3 Å². The van der Waals surface area contributed by atoms with E-state index in [0.717, 1.165) is 25.3 Å². The SMILES string of the molecule is CC(C)(C)NCc1cncn1CCc1ccco1. The molecule has 0 spiro atoms. The van der Waals surface area contributed by atoms with E-state index in [9.17, 15) is 0 Å². The molecule has 2 heterocycles. The molecule has 1 N–H and O–H groups in total. The smallest absolute Gasteiger partial charge is 0.105 e. The van der Waals surface area contributed by atoms with Crippen LogP contribution in [0.25, 0.3) is 0 Å². The summed E-state index contributed by atoms with van der Waals surface area (Å²) < 4.78 is 7.50. The van der Waals surface area contributed by atoms with E-state index in [0.29, 0.717) is 0 Å². The molecule has 0 fully saturated rings. The molecule has 0 atom stereocenters. The van der Waals surface area contributed by atoms with E-state index >= 15 is 0 Å². The molecule has 98 valence electrons. The highest BCUT2D eigenvalue weighted by molar-refractivity contribution is 5.02. The topological polar surface area (TPSA) is 43.0 Å². The summed E-state index contributed by atoms with van der Waals surface area (Å²) >= 11 is 0. The summed E-state index contributed by atoms with van der Waals surface area (Å²) in [5.74, 6) is 1.01. The Morgan fingerprint density at radius 3 is 2.89 bits per heavy atom. The monoisotopic (exact) mass is 247 g/mol. The predicted octanol–water partition coefficient (Wildman–Crippen LogP) is 2.61. The molecule has 0 radical (unpaired) electrons. The van der Waals surface area contributed by atoms with Crippen LogP contribution in [0.2, 0.25) is 0 Å². The fraction of sp³-hybridized carbons (Fsp3) is 0.500. The molecule has 0 aliphatic heterocycles. The molecule has 0 saturated heterocycles. The van der Waals surface area contributed by atoms with E-state index in [-0.39, 0.29) is 5.54 Å². The van der Waals surface area contributed by atoms with Gasteiger partial charge in [-0.25, -0.2) is 4.98 Å². The van der Waals surface area contributed by atoms with E-state index in [4.69, 9.17) is 4.42 Å². The number of hydrogen-bond donors (Lipinski definition) is 1. The average Bonchev–Trinajstić information content (AvgIpc) is 2.94. The van der Waals surface area contributed by atoms with Gasteiger partial charge in [0.25, 0.3) is 0 Å². The Morgan fingerprint density at radius 1 is 1.39 bits per heavy atom. The second-order valence-electron chi connectivity index (χ2n) is 5.51. The van der Waals surface area contributed by atoms with Crippen LogP contribution in [-0.4, -0.2) is 15.1 Å². The first-order valence-corrected chi connectivity index (χ1v) is 6.31. The highest BCUT2D eigenvalue weighted by Gasteiger charge is 2.10. The van der Waals surface area contributed by atoms with E-state index in [1.807, 2.05) is 24.7 Å². The number of imidazole rings is 1.